The third kappa shape index (κ3) is 41.7. The van der Waals surface area contributed by atoms with Crippen molar-refractivity contribution in [2.45, 2.75) is 271 Å². The molecule has 0 aliphatic heterocycles. The van der Waals surface area contributed by atoms with Gasteiger partial charge in [0.1, 0.15) is 0 Å². The summed E-state index contributed by atoms with van der Waals surface area (Å²) in [4.78, 5) is 0. The standard InChI is InChI=1S/C45H93O2PS2/c1-4-7-10-13-16-19-22-25-28-31-34-37-40-43-46-48(49,47-44-41-38-35-32-29-26-23-20-17-14-11-8-5-2)50-45-42-39-36-33-30-27-24-21-18-15-12-9-6-3/h4-45H2,1-3H3. The van der Waals surface area contributed by atoms with Gasteiger partial charge in [-0.3, -0.25) is 0 Å². The third-order valence-electron chi connectivity index (χ3n) is 10.5. The zero-order valence-electron chi connectivity index (χ0n) is 34.8. The Balaban J connectivity index is 4.08. The van der Waals surface area contributed by atoms with E-state index in [-0.39, 0.29) is 0 Å². The van der Waals surface area contributed by atoms with E-state index in [4.69, 9.17) is 20.9 Å². The van der Waals surface area contributed by atoms with Gasteiger partial charge in [0.2, 0.25) is 5.69 Å². The van der Waals surface area contributed by atoms with Crippen molar-refractivity contribution < 1.29 is 9.05 Å². The average molecular weight is 761 g/mol. The second-order valence-electron chi connectivity index (χ2n) is 15.7. The average Bonchev–Trinajstić information content (AvgIpc) is 3.12. The SMILES string of the molecule is CCCCCCCCCCCCCCCOP(=S)(OCCCCCCCCCCCCCCC)SCCCCCCCCCCCCCCC. The first-order valence-electron chi connectivity index (χ1n) is 23.2. The molecule has 302 valence electrons. The summed E-state index contributed by atoms with van der Waals surface area (Å²) in [7, 11) is 0. The van der Waals surface area contributed by atoms with E-state index in [1.165, 1.54) is 238 Å². The molecule has 0 bridgehead atoms. The molecule has 0 spiro atoms. The smallest absolute Gasteiger partial charge is 0.247 e. The maximum atomic E-state index is 6.42. The Morgan fingerprint density at radius 3 is 0.740 bits per heavy atom. The van der Waals surface area contributed by atoms with Crippen LogP contribution in [-0.4, -0.2) is 19.0 Å². The molecule has 0 aromatic rings. The molecule has 5 heteroatoms. The molecule has 0 saturated carbocycles. The number of rotatable bonds is 45. The lowest BCUT2D eigenvalue weighted by Gasteiger charge is -2.21. The van der Waals surface area contributed by atoms with Crippen molar-refractivity contribution in [2.75, 3.05) is 19.0 Å². The molecule has 0 aliphatic rings. The van der Waals surface area contributed by atoms with Gasteiger partial charge in [-0.25, -0.2) is 0 Å². The Morgan fingerprint density at radius 2 is 0.500 bits per heavy atom. The molecule has 0 rings (SSSR count). The van der Waals surface area contributed by atoms with Gasteiger partial charge in [0, 0.05) is 5.75 Å². The minimum atomic E-state index is -2.22. The van der Waals surface area contributed by atoms with Gasteiger partial charge in [-0.1, -0.05) is 263 Å². The van der Waals surface area contributed by atoms with Crippen LogP contribution >= 0.6 is 17.1 Å². The monoisotopic (exact) mass is 761 g/mol. The first-order chi connectivity index (χ1) is 24.7. The molecule has 0 saturated heterocycles. The Labute approximate surface area is 326 Å². The third-order valence-corrected chi connectivity index (χ3v) is 16.0. The van der Waals surface area contributed by atoms with Crippen LogP contribution < -0.4 is 0 Å². The molecule has 0 radical (unpaired) electrons. The lowest BCUT2D eigenvalue weighted by Crippen LogP contribution is -1.98. The van der Waals surface area contributed by atoms with Gasteiger partial charge in [0.15, 0.2) is 0 Å². The Hall–Kier alpha value is 0.920. The highest BCUT2D eigenvalue weighted by atomic mass is 32.9. The van der Waals surface area contributed by atoms with Crippen LogP contribution in [0, 0.1) is 0 Å². The highest BCUT2D eigenvalue weighted by Crippen LogP contribution is 2.61. The van der Waals surface area contributed by atoms with Crippen molar-refractivity contribution >= 4 is 28.9 Å². The Kier molecular flexibility index (Phi) is 45.1. The van der Waals surface area contributed by atoms with E-state index < -0.39 is 5.69 Å². The fraction of sp³-hybridized carbons (Fsp3) is 1.00. The van der Waals surface area contributed by atoms with E-state index >= 15 is 0 Å². The highest BCUT2D eigenvalue weighted by Gasteiger charge is 2.19. The number of unbranched alkanes of at least 4 members (excludes halogenated alkanes) is 36. The molecule has 2 nitrogen and oxygen atoms in total. The van der Waals surface area contributed by atoms with E-state index in [9.17, 15) is 0 Å². The molecule has 0 aromatic carbocycles. The lowest BCUT2D eigenvalue weighted by atomic mass is 10.0. The van der Waals surface area contributed by atoms with Crippen LogP contribution in [0.5, 0.6) is 0 Å². The molecule has 0 heterocycles. The molecule has 50 heavy (non-hydrogen) atoms. The van der Waals surface area contributed by atoms with Crippen molar-refractivity contribution in [3.05, 3.63) is 0 Å². The molecule has 0 aliphatic carbocycles. The van der Waals surface area contributed by atoms with Crippen LogP contribution in [0.25, 0.3) is 0 Å². The first kappa shape index (κ1) is 50.9. The van der Waals surface area contributed by atoms with E-state index in [0.717, 1.165) is 31.8 Å². The van der Waals surface area contributed by atoms with E-state index in [1.807, 2.05) is 11.4 Å². The summed E-state index contributed by atoms with van der Waals surface area (Å²) in [5.41, 5.74) is -2.22. The van der Waals surface area contributed by atoms with Gasteiger partial charge < -0.3 is 9.05 Å². The molecular weight excluding hydrogens is 668 g/mol. The normalized spacial score (nSPS) is 12.0. The molecule has 0 amide bonds. The predicted octanol–water partition coefficient (Wildman–Crippen LogP) is 18.3. The summed E-state index contributed by atoms with van der Waals surface area (Å²) in [5, 5.41) is 0. The van der Waals surface area contributed by atoms with Gasteiger partial charge in [0.25, 0.3) is 0 Å². The molecule has 0 N–H and O–H groups in total. The van der Waals surface area contributed by atoms with Crippen LogP contribution in [0.2, 0.25) is 0 Å². The molecule has 0 aromatic heterocycles. The summed E-state index contributed by atoms with van der Waals surface area (Å²) in [6.07, 6.45) is 54.1. The molecule has 0 fully saturated rings. The number of hydrogen-bond donors (Lipinski definition) is 0. The van der Waals surface area contributed by atoms with Crippen molar-refractivity contribution in [1.29, 1.82) is 0 Å². The summed E-state index contributed by atoms with van der Waals surface area (Å²) < 4.78 is 12.8. The summed E-state index contributed by atoms with van der Waals surface area (Å²) in [5.74, 6) is 1.10. The topological polar surface area (TPSA) is 18.5 Å². The lowest BCUT2D eigenvalue weighted by molar-refractivity contribution is 0.249. The summed E-state index contributed by atoms with van der Waals surface area (Å²) in [6.45, 7) is 8.49. The van der Waals surface area contributed by atoms with Crippen LogP contribution in [0.4, 0.5) is 0 Å². The van der Waals surface area contributed by atoms with Gasteiger partial charge in [-0.15, -0.1) is 0 Å². The second kappa shape index (κ2) is 44.3. The zero-order chi connectivity index (χ0) is 36.3. The molecular formula is C45H93O2PS2. The van der Waals surface area contributed by atoms with Gasteiger partial charge in [-0.05, 0) is 31.1 Å². The Morgan fingerprint density at radius 1 is 0.300 bits per heavy atom. The highest BCUT2D eigenvalue weighted by molar-refractivity contribution is 8.67. The fourth-order valence-electron chi connectivity index (χ4n) is 7.00. The number of hydrogen-bond acceptors (Lipinski definition) is 4. The van der Waals surface area contributed by atoms with Crippen molar-refractivity contribution in [1.82, 2.24) is 0 Å². The largest absolute Gasteiger partial charge is 0.322 e. The zero-order valence-corrected chi connectivity index (χ0v) is 37.3. The van der Waals surface area contributed by atoms with Crippen LogP contribution in [0.15, 0.2) is 0 Å². The van der Waals surface area contributed by atoms with Crippen LogP contribution in [-0.2, 0) is 20.9 Å². The maximum absolute atomic E-state index is 6.42. The van der Waals surface area contributed by atoms with Crippen molar-refractivity contribution in [3.63, 3.8) is 0 Å². The summed E-state index contributed by atoms with van der Waals surface area (Å²) >= 11 is 7.97. The maximum Gasteiger partial charge on any atom is 0.247 e. The first-order valence-corrected chi connectivity index (χ1v) is 27.4. The molecule has 0 unspecified atom stereocenters. The van der Waals surface area contributed by atoms with Gasteiger partial charge in [0.05, 0.1) is 13.2 Å². The minimum Gasteiger partial charge on any atom is -0.322 e. The Bertz CT molecular complexity index is 575. The minimum absolute atomic E-state index is 0.791. The van der Waals surface area contributed by atoms with E-state index in [0.29, 0.717) is 0 Å². The second-order valence-corrected chi connectivity index (χ2v) is 22.1. The van der Waals surface area contributed by atoms with Crippen molar-refractivity contribution in [2.24, 2.45) is 0 Å². The molecule has 0 atom stereocenters. The van der Waals surface area contributed by atoms with Crippen molar-refractivity contribution in [3.8, 4) is 0 Å². The van der Waals surface area contributed by atoms with Crippen LogP contribution in [0.1, 0.15) is 271 Å². The van der Waals surface area contributed by atoms with Gasteiger partial charge >= 0.3 is 0 Å². The predicted molar refractivity (Wildman–Crippen MR) is 236 cm³/mol. The van der Waals surface area contributed by atoms with Gasteiger partial charge in [-0.2, -0.15) is 0 Å². The van der Waals surface area contributed by atoms with E-state index in [2.05, 4.69) is 20.8 Å². The fourth-order valence-corrected chi connectivity index (χ4v) is 11.6. The van der Waals surface area contributed by atoms with Crippen LogP contribution in [0.3, 0.4) is 0 Å². The van der Waals surface area contributed by atoms with E-state index in [1.54, 1.807) is 0 Å². The summed E-state index contributed by atoms with van der Waals surface area (Å²) in [6, 6.07) is 0. The quantitative estimate of drug-likeness (QED) is 0.0454.